The maximum Gasteiger partial charge on any atom is 0.336 e. The first kappa shape index (κ1) is 5.25. The van der Waals surface area contributed by atoms with Crippen molar-refractivity contribution in [1.82, 2.24) is 4.84 Å². The molecule has 0 aromatic carbocycles. The van der Waals surface area contributed by atoms with E-state index in [1.165, 1.54) is 6.07 Å². The molecule has 0 heterocycles. The van der Waals surface area contributed by atoms with Crippen LogP contribution in [0.4, 0.5) is 0 Å². The topological polar surface area (TPSA) is 52.9 Å². The number of nitrogens with zero attached hydrogens (tertiary/aromatic N) is 1. The number of nitriles is 1. The lowest BCUT2D eigenvalue weighted by atomic mass is 10.7. The Kier molecular flexibility index (Phi) is 2.17. The first-order valence-corrected chi connectivity index (χ1v) is 1.49. The van der Waals surface area contributed by atoms with Gasteiger partial charge in [0.15, 0.2) is 6.07 Å². The predicted octanol–water partition coefficient (Wildman–Crippen LogP) is -0.220. The minimum atomic E-state index is -0.836. The lowest BCUT2D eigenvalue weighted by Gasteiger charge is -1.72. The summed E-state index contributed by atoms with van der Waals surface area (Å²) >= 11 is 4.63. The van der Waals surface area contributed by atoms with Crippen molar-refractivity contribution < 1.29 is 4.79 Å². The number of nitrogens with one attached hydrogen (secondary N) is 1. The number of amides is 1. The molecule has 0 aliphatic heterocycles. The van der Waals surface area contributed by atoms with E-state index in [1.54, 1.807) is 4.84 Å². The molecule has 0 aliphatic rings. The maximum absolute atomic E-state index is 9.58. The Morgan fingerprint density at radius 1 is 2.00 bits per heavy atom. The molecule has 0 fully saturated rings. The molecule has 0 bridgehead atoms. The van der Waals surface area contributed by atoms with Gasteiger partial charge in [0.2, 0.25) is 0 Å². The standard InChI is InChI=1S/C2HClN2O/c3-5-2(6)1-4/h(H,5,6). The Labute approximate surface area is 39.6 Å². The number of hydrogen-bond acceptors (Lipinski definition) is 2. The Morgan fingerprint density at radius 2 is 2.50 bits per heavy atom. The minimum absolute atomic E-state index is 0.836. The fourth-order valence-corrected chi connectivity index (χ4v) is 0.0634. The average Bonchev–Trinajstić information content (AvgIpc) is 1.65. The largest absolute Gasteiger partial charge is 0.336 e. The van der Waals surface area contributed by atoms with E-state index in [4.69, 9.17) is 5.26 Å². The van der Waals surface area contributed by atoms with Gasteiger partial charge in [-0.25, -0.2) is 0 Å². The molecule has 0 spiro atoms. The van der Waals surface area contributed by atoms with E-state index in [9.17, 15) is 4.79 Å². The molecule has 4 heteroatoms. The molecule has 1 N–H and O–H groups in total. The van der Waals surface area contributed by atoms with E-state index in [0.717, 1.165) is 0 Å². The van der Waals surface area contributed by atoms with Crippen molar-refractivity contribution in [3.8, 4) is 6.07 Å². The summed E-state index contributed by atoms with van der Waals surface area (Å²) in [7, 11) is 0. The monoisotopic (exact) mass is 104 g/mol. The summed E-state index contributed by atoms with van der Waals surface area (Å²) < 4.78 is 0. The van der Waals surface area contributed by atoms with Gasteiger partial charge < -0.3 is 0 Å². The molecule has 1 amide bonds. The third-order valence-corrected chi connectivity index (χ3v) is 0.359. The van der Waals surface area contributed by atoms with Gasteiger partial charge in [0.05, 0.1) is 0 Å². The van der Waals surface area contributed by atoms with Crippen LogP contribution in [0.2, 0.25) is 0 Å². The van der Waals surface area contributed by atoms with E-state index >= 15 is 0 Å². The van der Waals surface area contributed by atoms with Crippen LogP contribution >= 0.6 is 11.8 Å². The van der Waals surface area contributed by atoms with Gasteiger partial charge in [0.25, 0.3) is 0 Å². The molecule has 0 radical (unpaired) electrons. The van der Waals surface area contributed by atoms with Crippen molar-refractivity contribution in [2.75, 3.05) is 0 Å². The number of rotatable bonds is 0. The van der Waals surface area contributed by atoms with E-state index in [0.29, 0.717) is 0 Å². The zero-order valence-corrected chi connectivity index (χ0v) is 3.49. The zero-order valence-electron chi connectivity index (χ0n) is 2.73. The van der Waals surface area contributed by atoms with E-state index in [2.05, 4.69) is 11.8 Å². The molecule has 0 unspecified atom stereocenters. The van der Waals surface area contributed by atoms with Crippen LogP contribution in [-0.2, 0) is 4.79 Å². The van der Waals surface area contributed by atoms with Crippen LogP contribution in [0.1, 0.15) is 0 Å². The van der Waals surface area contributed by atoms with Gasteiger partial charge in [-0.3, -0.25) is 9.63 Å². The second kappa shape index (κ2) is 2.49. The molecule has 32 valence electrons. The van der Waals surface area contributed by atoms with Crippen LogP contribution in [0.25, 0.3) is 0 Å². The number of carbonyl (C=O) groups is 1. The molecule has 0 rings (SSSR count). The second-order valence-electron chi connectivity index (χ2n) is 0.535. The molecule has 3 nitrogen and oxygen atoms in total. The molecule has 0 aromatic heterocycles. The summed E-state index contributed by atoms with van der Waals surface area (Å²) in [5, 5.41) is 7.59. The van der Waals surface area contributed by atoms with Gasteiger partial charge in [-0.05, 0) is 0 Å². The highest BCUT2D eigenvalue weighted by molar-refractivity contribution is 6.23. The Hall–Kier alpha value is -0.750. The normalized spacial score (nSPS) is 6.00. The minimum Gasteiger partial charge on any atom is -0.256 e. The van der Waals surface area contributed by atoms with Crippen molar-refractivity contribution in [3.63, 3.8) is 0 Å². The summed E-state index contributed by atoms with van der Waals surface area (Å²) in [6.07, 6.45) is 0. The molecular formula is C2HClN2O. The van der Waals surface area contributed by atoms with Gasteiger partial charge in [-0.2, -0.15) is 5.26 Å². The molecule has 0 atom stereocenters. The number of hydrogen-bond donors (Lipinski definition) is 1. The zero-order chi connectivity index (χ0) is 4.99. The van der Waals surface area contributed by atoms with Crippen LogP contribution in [-0.4, -0.2) is 5.91 Å². The van der Waals surface area contributed by atoms with Crippen molar-refractivity contribution in [2.24, 2.45) is 0 Å². The van der Waals surface area contributed by atoms with Gasteiger partial charge in [0.1, 0.15) is 0 Å². The van der Waals surface area contributed by atoms with E-state index in [-0.39, 0.29) is 0 Å². The van der Waals surface area contributed by atoms with Gasteiger partial charge in [-0.15, -0.1) is 0 Å². The third-order valence-electron chi connectivity index (χ3n) is 0.187. The SMILES string of the molecule is N#CC(=O)NCl. The summed E-state index contributed by atoms with van der Waals surface area (Å²) in [5.74, 6) is -0.836. The first-order valence-electron chi connectivity index (χ1n) is 1.12. The van der Waals surface area contributed by atoms with Crippen molar-refractivity contribution in [2.45, 2.75) is 0 Å². The van der Waals surface area contributed by atoms with Crippen LogP contribution < -0.4 is 4.84 Å². The highest BCUT2D eigenvalue weighted by atomic mass is 35.5. The molecule has 0 saturated heterocycles. The Morgan fingerprint density at radius 3 is 2.50 bits per heavy atom. The van der Waals surface area contributed by atoms with Crippen molar-refractivity contribution in [3.05, 3.63) is 0 Å². The third kappa shape index (κ3) is 1.56. The molecule has 0 aliphatic carbocycles. The quantitative estimate of drug-likeness (QED) is 0.341. The van der Waals surface area contributed by atoms with E-state index in [1.807, 2.05) is 0 Å². The molecule has 0 aromatic rings. The Bertz CT molecular complexity index is 94.2. The fraction of sp³-hybridized carbons (Fsp3) is 0. The first-order chi connectivity index (χ1) is 2.81. The highest BCUT2D eigenvalue weighted by Gasteiger charge is 1.86. The summed E-state index contributed by atoms with van der Waals surface area (Å²) in [5.41, 5.74) is 0. The van der Waals surface area contributed by atoms with E-state index < -0.39 is 5.91 Å². The fourth-order valence-electron chi connectivity index (χ4n) is 0.0211. The molecular weight excluding hydrogens is 103 g/mol. The van der Waals surface area contributed by atoms with Crippen LogP contribution in [0.15, 0.2) is 0 Å². The lowest BCUT2D eigenvalue weighted by molar-refractivity contribution is -0.114. The van der Waals surface area contributed by atoms with Crippen LogP contribution in [0, 0.1) is 11.3 Å². The Balaban J connectivity index is 3.33. The highest BCUT2D eigenvalue weighted by Crippen LogP contribution is 1.59. The summed E-state index contributed by atoms with van der Waals surface area (Å²) in [4.78, 5) is 11.2. The second-order valence-corrected chi connectivity index (χ2v) is 0.724. The maximum atomic E-state index is 9.58. The predicted molar refractivity (Wildman–Crippen MR) is 19.6 cm³/mol. The smallest absolute Gasteiger partial charge is 0.256 e. The number of halogens is 1. The van der Waals surface area contributed by atoms with Crippen LogP contribution in [0.5, 0.6) is 0 Å². The summed E-state index contributed by atoms with van der Waals surface area (Å²) in [6, 6.07) is 1.23. The van der Waals surface area contributed by atoms with Gasteiger partial charge >= 0.3 is 5.91 Å². The van der Waals surface area contributed by atoms with Crippen molar-refractivity contribution >= 4 is 17.7 Å². The number of carbonyl (C=O) groups excluding carboxylic acids is 1. The van der Waals surface area contributed by atoms with Crippen molar-refractivity contribution in [1.29, 1.82) is 5.26 Å². The summed E-state index contributed by atoms with van der Waals surface area (Å²) in [6.45, 7) is 0. The lowest BCUT2D eigenvalue weighted by Crippen LogP contribution is -2.07. The average molecular weight is 104 g/mol. The van der Waals surface area contributed by atoms with Gasteiger partial charge in [0, 0.05) is 11.8 Å². The molecule has 0 saturated carbocycles. The van der Waals surface area contributed by atoms with Gasteiger partial charge in [-0.1, -0.05) is 0 Å². The molecule has 6 heavy (non-hydrogen) atoms. The van der Waals surface area contributed by atoms with Crippen LogP contribution in [0.3, 0.4) is 0 Å².